The van der Waals surface area contributed by atoms with Gasteiger partial charge in [-0.05, 0) is 49.6 Å². The van der Waals surface area contributed by atoms with Gasteiger partial charge in [0, 0.05) is 30.4 Å². The second kappa shape index (κ2) is 7.27. The Morgan fingerprint density at radius 2 is 1.52 bits per heavy atom. The van der Waals surface area contributed by atoms with Crippen molar-refractivity contribution in [1.29, 1.82) is 0 Å². The smallest absolute Gasteiger partial charge is 0.267 e. The van der Waals surface area contributed by atoms with E-state index in [0.717, 1.165) is 25.9 Å². The van der Waals surface area contributed by atoms with Gasteiger partial charge in [-0.1, -0.05) is 18.2 Å². The number of likely N-dealkylation sites (tertiary alicyclic amines) is 1. The maximum Gasteiger partial charge on any atom is 0.267 e. The summed E-state index contributed by atoms with van der Waals surface area (Å²) >= 11 is 0. The van der Waals surface area contributed by atoms with E-state index in [1.54, 1.807) is 37.4 Å². The summed E-state index contributed by atoms with van der Waals surface area (Å²) in [5.41, 5.74) is 2.38. The van der Waals surface area contributed by atoms with E-state index in [0.29, 0.717) is 28.1 Å². The molecule has 138 valence electrons. The van der Waals surface area contributed by atoms with Crippen molar-refractivity contribution < 1.29 is 14.3 Å². The molecule has 0 bridgehead atoms. The van der Waals surface area contributed by atoms with Crippen LogP contribution in [-0.4, -0.2) is 36.9 Å². The van der Waals surface area contributed by atoms with Crippen molar-refractivity contribution in [1.82, 2.24) is 4.90 Å². The van der Waals surface area contributed by atoms with Crippen LogP contribution < -0.4 is 9.64 Å². The van der Waals surface area contributed by atoms with Gasteiger partial charge in [0.25, 0.3) is 11.8 Å². The highest BCUT2D eigenvalue weighted by Gasteiger charge is 2.36. The molecule has 0 spiro atoms. The molecule has 1 saturated heterocycles. The van der Waals surface area contributed by atoms with Crippen LogP contribution in [-0.2, 0) is 4.79 Å². The fourth-order valence-electron chi connectivity index (χ4n) is 3.67. The van der Waals surface area contributed by atoms with Crippen LogP contribution in [0.2, 0.25) is 0 Å². The maximum atomic E-state index is 13.3. The van der Waals surface area contributed by atoms with Gasteiger partial charge in [-0.2, -0.15) is 0 Å². The fourth-order valence-corrected chi connectivity index (χ4v) is 3.67. The maximum absolute atomic E-state index is 13.3. The number of hydrogen-bond acceptors (Lipinski definition) is 4. The summed E-state index contributed by atoms with van der Waals surface area (Å²) in [6.07, 6.45) is 5.41. The second-order valence-electron chi connectivity index (χ2n) is 6.83. The number of rotatable bonds is 3. The first kappa shape index (κ1) is 17.3. The van der Waals surface area contributed by atoms with Crippen LogP contribution in [0.5, 0.6) is 5.75 Å². The third kappa shape index (κ3) is 3.21. The van der Waals surface area contributed by atoms with E-state index in [1.807, 2.05) is 24.4 Å². The highest BCUT2D eigenvalue weighted by atomic mass is 16.5. The molecule has 5 nitrogen and oxygen atoms in total. The van der Waals surface area contributed by atoms with E-state index in [-0.39, 0.29) is 11.8 Å². The van der Waals surface area contributed by atoms with Gasteiger partial charge in [-0.3, -0.25) is 9.59 Å². The van der Waals surface area contributed by atoms with Gasteiger partial charge in [-0.25, -0.2) is 4.90 Å². The lowest BCUT2D eigenvalue weighted by Gasteiger charge is -2.31. The largest absolute Gasteiger partial charge is 0.497 e. The zero-order valence-electron chi connectivity index (χ0n) is 15.4. The lowest BCUT2D eigenvalue weighted by molar-refractivity contribution is -0.112. The Labute approximate surface area is 158 Å². The second-order valence-corrected chi connectivity index (χ2v) is 6.83. The molecule has 0 saturated carbocycles. The van der Waals surface area contributed by atoms with Crippen LogP contribution in [0.15, 0.2) is 54.7 Å². The molecule has 2 aliphatic rings. The van der Waals surface area contributed by atoms with E-state index >= 15 is 0 Å². The minimum absolute atomic E-state index is 0.283. The summed E-state index contributed by atoms with van der Waals surface area (Å²) < 4.78 is 5.18. The molecule has 0 aromatic heterocycles. The number of benzene rings is 2. The minimum atomic E-state index is -0.295. The number of ether oxygens (including phenoxy) is 1. The Hall–Kier alpha value is -3.08. The molecule has 0 radical (unpaired) electrons. The number of amides is 2. The zero-order valence-corrected chi connectivity index (χ0v) is 15.4. The van der Waals surface area contributed by atoms with Gasteiger partial charge < -0.3 is 9.64 Å². The molecular formula is C22H22N2O3. The average molecular weight is 362 g/mol. The number of methoxy groups -OCH3 is 1. The summed E-state index contributed by atoms with van der Waals surface area (Å²) in [5, 5.41) is 0. The first-order valence-corrected chi connectivity index (χ1v) is 9.27. The standard InChI is InChI=1S/C22H22N2O3/c1-27-17-11-9-16(10-12-17)24-21(25)19-8-4-3-7-18(19)20(22(24)26)15-23-13-5-2-6-14-23/h3-4,7-12,15H,2,5-6,13-14H2,1H3/b20-15-. The zero-order chi connectivity index (χ0) is 18.8. The number of nitrogens with zero attached hydrogens (tertiary/aromatic N) is 2. The number of hydrogen-bond donors (Lipinski definition) is 0. The van der Waals surface area contributed by atoms with Gasteiger partial charge >= 0.3 is 0 Å². The number of anilines is 1. The van der Waals surface area contributed by atoms with Gasteiger partial charge in [-0.15, -0.1) is 0 Å². The van der Waals surface area contributed by atoms with Crippen LogP contribution in [0, 0.1) is 0 Å². The van der Waals surface area contributed by atoms with Crippen LogP contribution in [0.3, 0.4) is 0 Å². The van der Waals surface area contributed by atoms with E-state index < -0.39 is 0 Å². The van der Waals surface area contributed by atoms with E-state index in [1.165, 1.54) is 11.3 Å². The van der Waals surface area contributed by atoms with E-state index in [4.69, 9.17) is 4.74 Å². The van der Waals surface area contributed by atoms with Gasteiger partial charge in [0.1, 0.15) is 5.75 Å². The molecule has 2 aliphatic heterocycles. The molecule has 0 atom stereocenters. The molecule has 27 heavy (non-hydrogen) atoms. The van der Waals surface area contributed by atoms with E-state index in [2.05, 4.69) is 4.90 Å². The van der Waals surface area contributed by atoms with Crippen LogP contribution in [0.1, 0.15) is 35.2 Å². The molecular weight excluding hydrogens is 340 g/mol. The number of fused-ring (bicyclic) bond motifs is 1. The summed E-state index contributed by atoms with van der Waals surface area (Å²) in [4.78, 5) is 29.8. The summed E-state index contributed by atoms with van der Waals surface area (Å²) in [7, 11) is 1.59. The number of imide groups is 1. The van der Waals surface area contributed by atoms with Crippen molar-refractivity contribution in [2.45, 2.75) is 19.3 Å². The molecule has 0 unspecified atom stereocenters. The topological polar surface area (TPSA) is 49.9 Å². The van der Waals surface area contributed by atoms with Crippen molar-refractivity contribution in [3.05, 3.63) is 65.9 Å². The molecule has 0 aliphatic carbocycles. The number of carbonyl (C=O) groups excluding carboxylic acids is 2. The Morgan fingerprint density at radius 3 is 2.19 bits per heavy atom. The molecule has 2 heterocycles. The lowest BCUT2D eigenvalue weighted by atomic mass is 9.93. The monoisotopic (exact) mass is 362 g/mol. The summed E-state index contributed by atoms with van der Waals surface area (Å²) in [5.74, 6) is 0.103. The minimum Gasteiger partial charge on any atom is -0.497 e. The Balaban J connectivity index is 1.78. The third-order valence-corrected chi connectivity index (χ3v) is 5.12. The lowest BCUT2D eigenvalue weighted by Crippen LogP contribution is -2.42. The number of piperidine rings is 1. The molecule has 1 fully saturated rings. The van der Waals surface area contributed by atoms with E-state index in [9.17, 15) is 9.59 Å². The van der Waals surface area contributed by atoms with Crippen molar-refractivity contribution >= 4 is 23.1 Å². The molecule has 4 rings (SSSR count). The fraction of sp³-hybridized carbons (Fsp3) is 0.273. The van der Waals surface area contributed by atoms with Crippen molar-refractivity contribution in [2.75, 3.05) is 25.1 Å². The first-order chi connectivity index (χ1) is 13.2. The predicted molar refractivity (Wildman–Crippen MR) is 105 cm³/mol. The Kier molecular flexibility index (Phi) is 4.67. The summed E-state index contributed by atoms with van der Waals surface area (Å²) in [6, 6.07) is 14.3. The highest BCUT2D eigenvalue weighted by molar-refractivity contribution is 6.41. The molecule has 2 amide bonds. The average Bonchev–Trinajstić information content (AvgIpc) is 2.72. The molecule has 5 heteroatoms. The molecule has 2 aromatic carbocycles. The normalized spacial score (nSPS) is 18.6. The molecule has 2 aromatic rings. The van der Waals surface area contributed by atoms with Crippen LogP contribution in [0.4, 0.5) is 5.69 Å². The van der Waals surface area contributed by atoms with Crippen LogP contribution >= 0.6 is 0 Å². The van der Waals surface area contributed by atoms with Crippen molar-refractivity contribution in [3.63, 3.8) is 0 Å². The van der Waals surface area contributed by atoms with Gasteiger partial charge in [0.05, 0.1) is 18.4 Å². The van der Waals surface area contributed by atoms with Gasteiger partial charge in [0.2, 0.25) is 0 Å². The van der Waals surface area contributed by atoms with Crippen molar-refractivity contribution in [2.24, 2.45) is 0 Å². The highest BCUT2D eigenvalue weighted by Crippen LogP contribution is 2.33. The van der Waals surface area contributed by atoms with Crippen LogP contribution in [0.25, 0.3) is 5.57 Å². The number of carbonyl (C=O) groups is 2. The van der Waals surface area contributed by atoms with Crippen molar-refractivity contribution in [3.8, 4) is 5.75 Å². The Morgan fingerprint density at radius 1 is 0.852 bits per heavy atom. The SMILES string of the molecule is COc1ccc(N2C(=O)/C(=C\N3CCCCC3)c3ccccc3C2=O)cc1. The predicted octanol–water partition coefficient (Wildman–Crippen LogP) is 3.71. The Bertz CT molecular complexity index is 896. The third-order valence-electron chi connectivity index (χ3n) is 5.12. The summed E-state index contributed by atoms with van der Waals surface area (Å²) in [6.45, 7) is 1.88. The molecule has 0 N–H and O–H groups in total. The van der Waals surface area contributed by atoms with Gasteiger partial charge in [0.15, 0.2) is 0 Å². The quantitative estimate of drug-likeness (QED) is 0.617. The first-order valence-electron chi connectivity index (χ1n) is 9.27.